The van der Waals surface area contributed by atoms with Gasteiger partial charge >= 0.3 is 0 Å². The fourth-order valence-corrected chi connectivity index (χ4v) is 7.39. The molecule has 0 bridgehead atoms. The van der Waals surface area contributed by atoms with Crippen LogP contribution in [0.2, 0.25) is 0 Å². The molecule has 3 nitrogen and oxygen atoms in total. The molecule has 0 radical (unpaired) electrons. The molecule has 9 aromatic rings. The van der Waals surface area contributed by atoms with Gasteiger partial charge in [0.1, 0.15) is 17.5 Å². The van der Waals surface area contributed by atoms with Gasteiger partial charge in [0.2, 0.25) is 0 Å². The summed E-state index contributed by atoms with van der Waals surface area (Å²) in [5.74, 6) is 0. The Morgan fingerprint density at radius 2 is 1.00 bits per heavy atom. The van der Waals surface area contributed by atoms with Crippen LogP contribution in [0.4, 0.5) is 0 Å². The topological polar surface area (TPSA) is 38.9 Å². The quantitative estimate of drug-likeness (QED) is 0.208. The predicted octanol–water partition coefficient (Wildman–Crippen LogP) is 11.4. The molecule has 4 heteroatoms. The molecule has 6 aromatic carbocycles. The van der Waals surface area contributed by atoms with E-state index in [-0.39, 0.29) is 0 Å². The van der Waals surface area contributed by atoms with Crippen LogP contribution < -0.4 is 0 Å². The van der Waals surface area contributed by atoms with Crippen molar-refractivity contribution in [1.29, 1.82) is 0 Å². The van der Waals surface area contributed by atoms with Crippen molar-refractivity contribution in [2.24, 2.45) is 0 Å². The molecule has 0 saturated heterocycles. The summed E-state index contributed by atoms with van der Waals surface area (Å²) in [5.41, 5.74) is 11.9. The minimum Gasteiger partial charge on any atom is -0.456 e. The molecule has 0 aliphatic rings. The third-order valence-corrected chi connectivity index (χ3v) is 9.57. The average Bonchev–Trinajstić information content (AvgIpc) is 3.66. The van der Waals surface area contributed by atoms with Crippen molar-refractivity contribution < 1.29 is 4.42 Å². The molecular formula is C40H24N2OS. The summed E-state index contributed by atoms with van der Waals surface area (Å²) in [6.45, 7) is 0. The van der Waals surface area contributed by atoms with Crippen LogP contribution in [0.25, 0.3) is 86.9 Å². The molecule has 0 spiro atoms. The molecule has 0 atom stereocenters. The molecule has 3 aromatic heterocycles. The highest BCUT2D eigenvalue weighted by Crippen LogP contribution is 2.39. The lowest BCUT2D eigenvalue weighted by atomic mass is 9.96. The Balaban J connectivity index is 1.12. The molecule has 3 heterocycles. The Morgan fingerprint density at radius 1 is 0.432 bits per heavy atom. The lowest BCUT2D eigenvalue weighted by molar-refractivity contribution is 0.669. The molecule has 0 unspecified atom stereocenters. The first-order chi connectivity index (χ1) is 21.8. The van der Waals surface area contributed by atoms with Crippen LogP contribution in [-0.2, 0) is 0 Å². The van der Waals surface area contributed by atoms with Crippen LogP contribution >= 0.6 is 11.3 Å². The van der Waals surface area contributed by atoms with Crippen molar-refractivity contribution in [1.82, 2.24) is 9.97 Å². The standard InChI is InChI=1S/C40H24N2OS/c1-2-8-25(9-3-1)29-16-18-35-33(22-29)34-23-30(17-19-36(34)43-35)27-11-6-10-26(20-27)28-12-7-13-31(21-28)38-40-39(42-24-41-38)32-14-4-5-15-37(32)44-40/h1-24H. The van der Waals surface area contributed by atoms with Gasteiger partial charge in [0.15, 0.2) is 0 Å². The summed E-state index contributed by atoms with van der Waals surface area (Å²) in [7, 11) is 0. The lowest BCUT2D eigenvalue weighted by Gasteiger charge is -2.09. The molecule has 0 aliphatic carbocycles. The Morgan fingerprint density at radius 3 is 1.73 bits per heavy atom. The molecular weight excluding hydrogens is 557 g/mol. The van der Waals surface area contributed by atoms with Gasteiger partial charge in [-0.25, -0.2) is 9.97 Å². The molecule has 9 rings (SSSR count). The Bertz CT molecular complexity index is 2510. The summed E-state index contributed by atoms with van der Waals surface area (Å²) < 4.78 is 8.57. The van der Waals surface area contributed by atoms with Crippen LogP contribution in [0.3, 0.4) is 0 Å². The summed E-state index contributed by atoms with van der Waals surface area (Å²) in [6.07, 6.45) is 1.68. The predicted molar refractivity (Wildman–Crippen MR) is 184 cm³/mol. The van der Waals surface area contributed by atoms with Crippen LogP contribution in [0.5, 0.6) is 0 Å². The van der Waals surface area contributed by atoms with Crippen LogP contribution in [-0.4, -0.2) is 9.97 Å². The summed E-state index contributed by atoms with van der Waals surface area (Å²) in [4.78, 5) is 9.37. The zero-order valence-electron chi connectivity index (χ0n) is 23.6. The number of hydrogen-bond donors (Lipinski definition) is 0. The number of nitrogens with zero attached hydrogens (tertiary/aromatic N) is 2. The SMILES string of the molecule is c1ccc(-c2ccc3oc4ccc(-c5cccc(-c6cccc(-c7ncnc8c7sc7ccccc78)c6)c5)cc4c3c2)cc1. The zero-order valence-corrected chi connectivity index (χ0v) is 24.4. The monoisotopic (exact) mass is 580 g/mol. The van der Waals surface area contributed by atoms with Crippen molar-refractivity contribution in [2.45, 2.75) is 0 Å². The molecule has 0 amide bonds. The maximum absolute atomic E-state index is 6.22. The summed E-state index contributed by atoms with van der Waals surface area (Å²) in [5, 5.41) is 3.43. The van der Waals surface area contributed by atoms with E-state index in [2.05, 4.69) is 138 Å². The van der Waals surface area contributed by atoms with E-state index in [0.29, 0.717) is 0 Å². The highest BCUT2D eigenvalue weighted by Gasteiger charge is 2.14. The normalized spacial score (nSPS) is 11.6. The van der Waals surface area contributed by atoms with E-state index in [9.17, 15) is 0 Å². The maximum Gasteiger partial charge on any atom is 0.135 e. The van der Waals surface area contributed by atoms with Gasteiger partial charge in [-0.2, -0.15) is 0 Å². The zero-order chi connectivity index (χ0) is 29.0. The van der Waals surface area contributed by atoms with Crippen molar-refractivity contribution in [3.8, 4) is 44.6 Å². The summed E-state index contributed by atoms with van der Waals surface area (Å²) >= 11 is 1.75. The second-order valence-electron chi connectivity index (χ2n) is 11.0. The van der Waals surface area contributed by atoms with E-state index in [0.717, 1.165) is 65.7 Å². The number of benzene rings is 6. The smallest absolute Gasteiger partial charge is 0.135 e. The third-order valence-electron chi connectivity index (χ3n) is 8.40. The first-order valence-corrected chi connectivity index (χ1v) is 15.5. The highest BCUT2D eigenvalue weighted by molar-refractivity contribution is 7.26. The van der Waals surface area contributed by atoms with E-state index in [1.165, 1.54) is 21.2 Å². The Kier molecular flexibility index (Phi) is 5.68. The van der Waals surface area contributed by atoms with Crippen LogP contribution in [0.1, 0.15) is 0 Å². The maximum atomic E-state index is 6.22. The molecule has 44 heavy (non-hydrogen) atoms. The molecule has 0 fully saturated rings. The van der Waals surface area contributed by atoms with E-state index in [1.54, 1.807) is 17.7 Å². The minimum atomic E-state index is 0.898. The van der Waals surface area contributed by atoms with Gasteiger partial charge in [0.25, 0.3) is 0 Å². The van der Waals surface area contributed by atoms with E-state index < -0.39 is 0 Å². The fourth-order valence-electron chi connectivity index (χ4n) is 6.22. The van der Waals surface area contributed by atoms with Gasteiger partial charge in [-0.3, -0.25) is 0 Å². The second kappa shape index (κ2) is 10.0. The second-order valence-corrected chi connectivity index (χ2v) is 12.1. The van der Waals surface area contributed by atoms with E-state index in [1.807, 2.05) is 6.07 Å². The number of rotatable bonds is 4. The molecule has 206 valence electrons. The highest BCUT2D eigenvalue weighted by atomic mass is 32.1. The van der Waals surface area contributed by atoms with E-state index >= 15 is 0 Å². The third kappa shape index (κ3) is 4.11. The van der Waals surface area contributed by atoms with Gasteiger partial charge in [-0.05, 0) is 75.8 Å². The molecule has 0 N–H and O–H groups in total. The number of fused-ring (bicyclic) bond motifs is 6. The largest absolute Gasteiger partial charge is 0.456 e. The minimum absolute atomic E-state index is 0.898. The number of thiophene rings is 1. The first-order valence-electron chi connectivity index (χ1n) is 14.6. The average molecular weight is 581 g/mol. The van der Waals surface area contributed by atoms with Crippen molar-refractivity contribution in [2.75, 3.05) is 0 Å². The molecule has 0 saturated carbocycles. The molecule has 0 aliphatic heterocycles. The van der Waals surface area contributed by atoms with Crippen LogP contribution in [0.15, 0.2) is 150 Å². The fraction of sp³-hybridized carbons (Fsp3) is 0. The van der Waals surface area contributed by atoms with Crippen molar-refractivity contribution >= 4 is 53.6 Å². The van der Waals surface area contributed by atoms with Crippen molar-refractivity contribution in [3.05, 3.63) is 146 Å². The van der Waals surface area contributed by atoms with Gasteiger partial charge in [-0.15, -0.1) is 11.3 Å². The van der Waals surface area contributed by atoms with Gasteiger partial charge in [0.05, 0.1) is 15.9 Å². The van der Waals surface area contributed by atoms with Gasteiger partial charge in [-0.1, -0.05) is 97.1 Å². The number of hydrogen-bond acceptors (Lipinski definition) is 4. The number of furan rings is 1. The Labute approximate surface area is 257 Å². The van der Waals surface area contributed by atoms with Crippen LogP contribution in [0, 0.1) is 0 Å². The van der Waals surface area contributed by atoms with Crippen molar-refractivity contribution in [3.63, 3.8) is 0 Å². The first kappa shape index (κ1) is 25.0. The Hall–Kier alpha value is -5.58. The summed E-state index contributed by atoms with van der Waals surface area (Å²) in [6, 6.07) is 49.3. The van der Waals surface area contributed by atoms with E-state index in [4.69, 9.17) is 9.40 Å². The number of aromatic nitrogens is 2. The van der Waals surface area contributed by atoms with Gasteiger partial charge in [0, 0.05) is 26.4 Å². The van der Waals surface area contributed by atoms with Gasteiger partial charge < -0.3 is 4.42 Å². The lowest BCUT2D eigenvalue weighted by Crippen LogP contribution is -1.87.